The van der Waals surface area contributed by atoms with Crippen molar-refractivity contribution in [3.05, 3.63) is 57.4 Å². The Morgan fingerprint density at radius 3 is 2.62 bits per heavy atom. The van der Waals surface area contributed by atoms with E-state index in [-0.39, 0.29) is 5.75 Å². The number of aliphatic hydroxyl groups excluding tert-OH is 1. The third kappa shape index (κ3) is 7.37. The smallest absolute Gasteiger partial charge is 0.461 e. The minimum absolute atomic E-state index is 0.0219. The van der Waals surface area contributed by atoms with Crippen LogP contribution in [0.3, 0.4) is 0 Å². The zero-order valence-corrected chi connectivity index (χ0v) is 21.9. The number of alkyl halides is 2. The van der Waals surface area contributed by atoms with E-state index in [0.29, 0.717) is 10.9 Å². The number of halogens is 2. The molecule has 1 aromatic heterocycles. The highest BCUT2D eigenvalue weighted by Gasteiger charge is 2.59. The molecule has 16 heteroatoms. The molecule has 39 heavy (non-hydrogen) atoms. The van der Waals surface area contributed by atoms with E-state index in [1.807, 2.05) is 16.8 Å². The van der Waals surface area contributed by atoms with Gasteiger partial charge in [0.25, 0.3) is 5.56 Å². The summed E-state index contributed by atoms with van der Waals surface area (Å²) in [7, 11) is -4.69. The number of aliphatic hydroxyl groups is 1. The van der Waals surface area contributed by atoms with Crippen LogP contribution in [0, 0.1) is 11.8 Å². The van der Waals surface area contributed by atoms with Crippen molar-refractivity contribution in [2.75, 3.05) is 13.3 Å². The lowest BCUT2D eigenvalue weighted by Crippen LogP contribution is -2.46. The molecule has 3 rings (SSSR count). The van der Waals surface area contributed by atoms with E-state index in [1.54, 1.807) is 32.0 Å². The Hall–Kier alpha value is -3.41. The molecule has 2 aromatic rings. The van der Waals surface area contributed by atoms with Gasteiger partial charge in [0.2, 0.25) is 11.9 Å². The Balaban J connectivity index is 1.88. The topological polar surface area (TPSA) is 168 Å². The molecule has 2 heterocycles. The number of carbonyl (C=O) groups is 1. The number of nitrogens with one attached hydrogen (secondary N) is 1. The summed E-state index contributed by atoms with van der Waals surface area (Å²) in [6.07, 6.45) is -7.26. The zero-order chi connectivity index (χ0) is 28.8. The molecule has 2 N–H and O–H groups in total. The van der Waals surface area contributed by atoms with Crippen molar-refractivity contribution in [1.29, 1.82) is 0 Å². The average molecular weight is 573 g/mol. The van der Waals surface area contributed by atoms with E-state index in [4.69, 9.17) is 23.0 Å². The van der Waals surface area contributed by atoms with Gasteiger partial charge in [-0.25, -0.2) is 22.9 Å². The normalized spacial score (nSPS) is 24.8. The van der Waals surface area contributed by atoms with Gasteiger partial charge >= 0.3 is 19.5 Å². The van der Waals surface area contributed by atoms with Gasteiger partial charge in [-0.15, -0.1) is 0 Å². The van der Waals surface area contributed by atoms with Crippen molar-refractivity contribution in [2.24, 2.45) is 0 Å². The molecule has 0 bridgehead atoms. The number of para-hydroxylation sites is 1. The van der Waals surface area contributed by atoms with E-state index in [2.05, 4.69) is 5.10 Å². The number of aromatic amines is 1. The van der Waals surface area contributed by atoms with Crippen LogP contribution in [0.15, 0.2) is 46.1 Å². The van der Waals surface area contributed by atoms with Gasteiger partial charge < -0.3 is 19.1 Å². The maximum absolute atomic E-state index is 15.9. The summed E-state index contributed by atoms with van der Waals surface area (Å²) in [5.41, 5.74) is -5.21. The largest absolute Gasteiger partial charge is 0.530 e. The fourth-order valence-corrected chi connectivity index (χ4v) is 4.71. The van der Waals surface area contributed by atoms with Crippen molar-refractivity contribution in [3.8, 4) is 17.6 Å². The van der Waals surface area contributed by atoms with Gasteiger partial charge in [-0.05, 0) is 32.9 Å². The Labute approximate surface area is 220 Å². The van der Waals surface area contributed by atoms with Gasteiger partial charge in [0.15, 0.2) is 6.10 Å². The summed E-state index contributed by atoms with van der Waals surface area (Å²) >= 11 is 0. The molecule has 0 amide bonds. The Bertz CT molecular complexity index is 1380. The highest BCUT2D eigenvalue weighted by Crippen LogP contribution is 2.52. The number of hydrogen-bond acceptors (Lipinski definition) is 11. The number of ether oxygens (including phenoxy) is 2. The molecule has 13 nitrogen and oxygen atoms in total. The first kappa shape index (κ1) is 30.1. The molecule has 0 spiro atoms. The number of hydrogen-bond donors (Lipinski definition) is 2. The molecule has 1 fully saturated rings. The second kappa shape index (κ2) is 12.6. The van der Waals surface area contributed by atoms with Gasteiger partial charge in [0, 0.05) is 0 Å². The number of benzene rings is 1. The lowest BCUT2D eigenvalue weighted by atomic mass is 9.97. The second-order valence-electron chi connectivity index (χ2n) is 8.44. The third-order valence-electron chi connectivity index (χ3n) is 5.08. The predicted octanol–water partition coefficient (Wildman–Crippen LogP) is 1.43. The lowest BCUT2D eigenvalue weighted by Gasteiger charge is -2.24. The first-order chi connectivity index (χ1) is 18.4. The number of esters is 1. The van der Waals surface area contributed by atoms with Crippen molar-refractivity contribution in [3.63, 3.8) is 0 Å². The summed E-state index contributed by atoms with van der Waals surface area (Å²) in [4.78, 5) is 37.7. The van der Waals surface area contributed by atoms with Gasteiger partial charge in [-0.1, -0.05) is 30.0 Å². The summed E-state index contributed by atoms with van der Waals surface area (Å²) in [5.74, 6) is 2.84. The average Bonchev–Trinajstić information content (AvgIpc) is 3.11. The first-order valence-corrected chi connectivity index (χ1v) is 13.0. The fraction of sp³-hybridized carbons (Fsp3) is 0.478. The van der Waals surface area contributed by atoms with Crippen LogP contribution in [0.1, 0.15) is 27.0 Å². The first-order valence-electron chi connectivity index (χ1n) is 11.5. The Kier molecular flexibility index (Phi) is 9.76. The lowest BCUT2D eigenvalue weighted by molar-refractivity contribution is -0.156. The van der Waals surface area contributed by atoms with Crippen LogP contribution in [0.2, 0.25) is 0 Å². The van der Waals surface area contributed by atoms with Crippen LogP contribution < -0.4 is 15.8 Å². The maximum atomic E-state index is 15.9. The summed E-state index contributed by atoms with van der Waals surface area (Å²) in [5, 5.41) is 14.2. The van der Waals surface area contributed by atoms with Crippen LogP contribution in [-0.2, 0) is 27.9 Å². The standard InChI is InChI=1S/C23H26F2N3O10P/c1-14(2)35-20(31)15(3)37-39(33,38-16-8-5-4-6-9-16)34-13-17-19(30)23(25,10-7-11-24)21(36-17)28-22(32)27-18(29)12-26-28/h4-6,8-9,12,14-15,17,19,21,30H,11,13H2,1-3H3,(H,27,29,32)/t15-,17+,19-,21+,23?,39-/m0/s1. The molecule has 0 radical (unpaired) electrons. The summed E-state index contributed by atoms with van der Waals surface area (Å²) < 4.78 is 69.0. The number of rotatable bonds is 10. The Morgan fingerprint density at radius 2 is 2.00 bits per heavy atom. The number of aromatic nitrogens is 3. The quantitative estimate of drug-likeness (QED) is 0.240. The number of H-pyrrole nitrogens is 1. The maximum Gasteiger partial charge on any atom is 0.530 e. The third-order valence-corrected chi connectivity index (χ3v) is 6.55. The van der Waals surface area contributed by atoms with Gasteiger partial charge in [0.05, 0.1) is 12.7 Å². The minimum Gasteiger partial charge on any atom is -0.461 e. The highest BCUT2D eigenvalue weighted by atomic mass is 31.2. The molecule has 6 atom stereocenters. The molecule has 212 valence electrons. The van der Waals surface area contributed by atoms with E-state index in [0.717, 1.165) is 0 Å². The van der Waals surface area contributed by atoms with Gasteiger partial charge in [0.1, 0.15) is 30.8 Å². The van der Waals surface area contributed by atoms with Crippen LogP contribution >= 0.6 is 7.82 Å². The number of phosphoric ester groups is 1. The molecular formula is C23H26F2N3O10P. The molecule has 1 aliphatic heterocycles. The van der Waals surface area contributed by atoms with Crippen molar-refractivity contribution < 1.29 is 46.3 Å². The van der Waals surface area contributed by atoms with Crippen molar-refractivity contribution >= 4 is 13.8 Å². The molecule has 1 unspecified atom stereocenters. The molecule has 0 aliphatic carbocycles. The van der Waals surface area contributed by atoms with Gasteiger partial charge in [-0.3, -0.25) is 18.8 Å². The molecule has 0 saturated carbocycles. The molecule has 1 aromatic carbocycles. The number of carbonyl (C=O) groups excluding carboxylic acids is 1. The monoisotopic (exact) mass is 573 g/mol. The van der Waals surface area contributed by atoms with Gasteiger partial charge in [-0.2, -0.15) is 9.78 Å². The van der Waals surface area contributed by atoms with Crippen LogP contribution in [0.25, 0.3) is 0 Å². The zero-order valence-electron chi connectivity index (χ0n) is 21.0. The van der Waals surface area contributed by atoms with Crippen LogP contribution in [0.4, 0.5) is 8.78 Å². The molecule has 1 aliphatic rings. The number of phosphoric acid groups is 1. The SMILES string of the molecule is CC(C)OC(=O)[C@H](C)O[P@](=O)(OC[C@H]1O[C@@H](n2ncc(=O)[nH]c2=O)C(F)(C#CCF)[C@H]1O)Oc1ccccc1. The Morgan fingerprint density at radius 1 is 1.31 bits per heavy atom. The predicted molar refractivity (Wildman–Crippen MR) is 129 cm³/mol. The van der Waals surface area contributed by atoms with E-state index < -0.39 is 74.6 Å². The van der Waals surface area contributed by atoms with E-state index in [9.17, 15) is 28.4 Å². The number of nitrogens with zero attached hydrogens (tertiary/aromatic N) is 2. The van der Waals surface area contributed by atoms with Crippen LogP contribution in [0.5, 0.6) is 5.75 Å². The molecule has 1 saturated heterocycles. The summed E-state index contributed by atoms with van der Waals surface area (Å²) in [6.45, 7) is 2.24. The van der Waals surface area contributed by atoms with Crippen molar-refractivity contribution in [1.82, 2.24) is 14.8 Å². The highest BCUT2D eigenvalue weighted by molar-refractivity contribution is 7.49. The summed E-state index contributed by atoms with van der Waals surface area (Å²) in [6, 6.07) is 7.60. The van der Waals surface area contributed by atoms with E-state index in [1.165, 1.54) is 19.1 Å². The second-order valence-corrected chi connectivity index (χ2v) is 9.99. The van der Waals surface area contributed by atoms with Crippen LogP contribution in [-0.4, -0.2) is 69.2 Å². The van der Waals surface area contributed by atoms with Crippen molar-refractivity contribution in [2.45, 2.75) is 57.1 Å². The minimum atomic E-state index is -4.69. The fourth-order valence-electron chi connectivity index (χ4n) is 3.37. The van der Waals surface area contributed by atoms with E-state index >= 15 is 4.39 Å². The molecular weight excluding hydrogens is 547 g/mol.